The van der Waals surface area contributed by atoms with Crippen LogP contribution in [0.1, 0.15) is 10.4 Å². The molecule has 1 heterocycles. The highest BCUT2D eigenvalue weighted by molar-refractivity contribution is 5.93. The molecule has 3 rings (SSSR count). The number of aromatic nitrogens is 1. The summed E-state index contributed by atoms with van der Waals surface area (Å²) in [6.45, 7) is 0. The first-order valence-electron chi connectivity index (χ1n) is 5.98. The van der Waals surface area contributed by atoms with Gasteiger partial charge in [0.05, 0.1) is 5.56 Å². The number of hydrogen-bond acceptors (Lipinski definition) is 2. The van der Waals surface area contributed by atoms with Gasteiger partial charge in [0, 0.05) is 17.4 Å². The molecule has 4 nitrogen and oxygen atoms in total. The van der Waals surface area contributed by atoms with Crippen LogP contribution in [0.2, 0.25) is 0 Å². The van der Waals surface area contributed by atoms with Crippen LogP contribution < -0.4 is 5.73 Å². The second-order valence-electron chi connectivity index (χ2n) is 4.25. The van der Waals surface area contributed by atoms with Gasteiger partial charge >= 0.3 is 5.97 Å². The molecule has 0 aliphatic rings. The van der Waals surface area contributed by atoms with Crippen molar-refractivity contribution in [2.45, 2.75) is 0 Å². The summed E-state index contributed by atoms with van der Waals surface area (Å²) in [6, 6.07) is 9.76. The first kappa shape index (κ1) is 14.5. The third-order valence-electron chi connectivity index (χ3n) is 2.76. The Hall–Kier alpha value is -2.89. The minimum Gasteiger partial charge on any atom is -0.478 e. The van der Waals surface area contributed by atoms with Crippen molar-refractivity contribution in [1.82, 2.24) is 4.98 Å². The van der Waals surface area contributed by atoms with Crippen LogP contribution in [-0.4, -0.2) is 16.1 Å². The van der Waals surface area contributed by atoms with E-state index < -0.39 is 11.8 Å². The maximum Gasteiger partial charge on any atom is 0.337 e. The van der Waals surface area contributed by atoms with Gasteiger partial charge in [-0.1, -0.05) is 0 Å². The Morgan fingerprint density at radius 2 is 1.71 bits per heavy atom. The average molecular weight is 290 g/mol. The van der Waals surface area contributed by atoms with Gasteiger partial charge in [0.2, 0.25) is 0 Å². The lowest BCUT2D eigenvalue weighted by atomic mass is 10.2. The van der Waals surface area contributed by atoms with Crippen LogP contribution in [0.4, 0.5) is 14.5 Å². The van der Waals surface area contributed by atoms with E-state index in [9.17, 15) is 13.6 Å². The fourth-order valence-corrected chi connectivity index (χ4v) is 1.75. The largest absolute Gasteiger partial charge is 0.478 e. The standard InChI is InChI=1S/C8H6FN.C7H6FNO2/c9-7-2-1-6-3-4-10-8(6)5-7;8-4-1-2-5(7(10)11)6(9)3-4/h1-5,10H;1-3H,9H2,(H,10,11). The number of nitrogens with two attached hydrogens (primary N) is 1. The molecule has 0 fully saturated rings. The van der Waals surface area contributed by atoms with E-state index in [-0.39, 0.29) is 17.1 Å². The summed E-state index contributed by atoms with van der Waals surface area (Å²) < 4.78 is 24.8. The molecule has 108 valence electrons. The number of nitrogen functional groups attached to an aromatic ring is 1. The van der Waals surface area contributed by atoms with Crippen LogP contribution in [0.25, 0.3) is 10.9 Å². The molecule has 0 unspecified atom stereocenters. The van der Waals surface area contributed by atoms with Crippen molar-refractivity contribution in [3.05, 3.63) is 65.9 Å². The first-order chi connectivity index (χ1) is 9.97. The van der Waals surface area contributed by atoms with Crippen LogP contribution in [0.5, 0.6) is 0 Å². The maximum absolute atomic E-state index is 12.5. The zero-order valence-corrected chi connectivity index (χ0v) is 10.8. The van der Waals surface area contributed by atoms with Gasteiger partial charge in [-0.2, -0.15) is 0 Å². The molecule has 0 saturated carbocycles. The van der Waals surface area contributed by atoms with Crippen LogP contribution in [0.3, 0.4) is 0 Å². The molecule has 1 aromatic heterocycles. The molecule has 0 spiro atoms. The van der Waals surface area contributed by atoms with Gasteiger partial charge in [0.25, 0.3) is 0 Å². The second-order valence-corrected chi connectivity index (χ2v) is 4.25. The van der Waals surface area contributed by atoms with Crippen LogP contribution in [0.15, 0.2) is 48.7 Å². The summed E-state index contributed by atoms with van der Waals surface area (Å²) in [5.41, 5.74) is 5.91. The lowest BCUT2D eigenvalue weighted by Gasteiger charge is -1.98. The van der Waals surface area contributed by atoms with E-state index >= 15 is 0 Å². The Balaban J connectivity index is 0.000000154. The van der Waals surface area contributed by atoms with Crippen molar-refractivity contribution in [3.63, 3.8) is 0 Å². The van der Waals surface area contributed by atoms with Crippen molar-refractivity contribution >= 4 is 22.6 Å². The van der Waals surface area contributed by atoms with Gasteiger partial charge in [0.1, 0.15) is 11.6 Å². The van der Waals surface area contributed by atoms with Crippen LogP contribution in [0, 0.1) is 11.6 Å². The van der Waals surface area contributed by atoms with E-state index in [1.807, 2.05) is 6.07 Å². The number of anilines is 1. The number of nitrogens with one attached hydrogen (secondary N) is 1. The number of fused-ring (bicyclic) bond motifs is 1. The molecule has 0 aliphatic carbocycles. The molecule has 0 atom stereocenters. The predicted octanol–water partition coefficient (Wildman–Crippen LogP) is 3.41. The Kier molecular flexibility index (Phi) is 4.18. The van der Waals surface area contributed by atoms with Gasteiger partial charge < -0.3 is 15.8 Å². The molecule has 0 saturated heterocycles. The Morgan fingerprint density at radius 3 is 2.38 bits per heavy atom. The number of aromatic amines is 1. The van der Waals surface area contributed by atoms with Crippen molar-refractivity contribution in [1.29, 1.82) is 0 Å². The summed E-state index contributed by atoms with van der Waals surface area (Å²) in [6.07, 6.45) is 1.80. The second kappa shape index (κ2) is 6.04. The Bertz CT molecular complexity index is 784. The molecule has 2 aromatic carbocycles. The van der Waals surface area contributed by atoms with Crippen LogP contribution >= 0.6 is 0 Å². The average Bonchev–Trinajstić information content (AvgIpc) is 2.86. The number of benzene rings is 2. The molecule has 3 aromatic rings. The maximum atomic E-state index is 12.5. The number of hydrogen-bond donors (Lipinski definition) is 3. The fraction of sp³-hybridized carbons (Fsp3) is 0. The molecule has 21 heavy (non-hydrogen) atoms. The number of halogens is 2. The van der Waals surface area contributed by atoms with E-state index in [1.54, 1.807) is 12.3 Å². The topological polar surface area (TPSA) is 79.1 Å². The molecular weight excluding hydrogens is 278 g/mol. The van der Waals surface area contributed by atoms with E-state index in [1.165, 1.54) is 12.1 Å². The third kappa shape index (κ3) is 3.56. The first-order valence-corrected chi connectivity index (χ1v) is 5.98. The van der Waals surface area contributed by atoms with Gasteiger partial charge in [-0.05, 0) is 47.9 Å². The van der Waals surface area contributed by atoms with E-state index in [0.717, 1.165) is 29.1 Å². The molecule has 4 N–H and O–H groups in total. The number of carboxylic acid groups (broad SMARTS) is 1. The normalized spacial score (nSPS) is 10.0. The number of carbonyl (C=O) groups is 1. The lowest BCUT2D eigenvalue weighted by Crippen LogP contribution is -2.02. The van der Waals surface area contributed by atoms with Gasteiger partial charge in [0.15, 0.2) is 0 Å². The lowest BCUT2D eigenvalue weighted by molar-refractivity contribution is 0.0698. The third-order valence-corrected chi connectivity index (χ3v) is 2.76. The number of carboxylic acids is 1. The monoisotopic (exact) mass is 290 g/mol. The summed E-state index contributed by atoms with van der Waals surface area (Å²) in [4.78, 5) is 13.3. The summed E-state index contributed by atoms with van der Waals surface area (Å²) >= 11 is 0. The minimum atomic E-state index is -1.15. The van der Waals surface area contributed by atoms with Crippen molar-refractivity contribution in [2.75, 3.05) is 5.73 Å². The highest BCUT2D eigenvalue weighted by Crippen LogP contribution is 2.13. The van der Waals surface area contributed by atoms with Gasteiger partial charge in [-0.25, -0.2) is 13.6 Å². The van der Waals surface area contributed by atoms with Crippen molar-refractivity contribution < 1.29 is 18.7 Å². The molecule has 0 aliphatic heterocycles. The minimum absolute atomic E-state index is 0.0579. The summed E-state index contributed by atoms with van der Waals surface area (Å²) in [7, 11) is 0. The summed E-state index contributed by atoms with van der Waals surface area (Å²) in [5, 5.41) is 9.50. The summed E-state index contributed by atoms with van der Waals surface area (Å²) in [5.74, 6) is -1.88. The number of aromatic carboxylic acids is 1. The zero-order chi connectivity index (χ0) is 15.4. The molecule has 0 amide bonds. The highest BCUT2D eigenvalue weighted by Gasteiger charge is 2.06. The molecule has 6 heteroatoms. The quantitative estimate of drug-likeness (QED) is 0.601. The zero-order valence-electron chi connectivity index (χ0n) is 10.8. The Morgan fingerprint density at radius 1 is 1.05 bits per heavy atom. The van der Waals surface area contributed by atoms with Crippen LogP contribution in [-0.2, 0) is 0 Å². The highest BCUT2D eigenvalue weighted by atomic mass is 19.1. The predicted molar refractivity (Wildman–Crippen MR) is 76.0 cm³/mol. The SMILES string of the molecule is Fc1ccc2cc[nH]c2c1.Nc1cc(F)ccc1C(=O)O. The number of rotatable bonds is 1. The van der Waals surface area contributed by atoms with E-state index in [4.69, 9.17) is 10.8 Å². The smallest absolute Gasteiger partial charge is 0.337 e. The Labute approximate surface area is 118 Å². The van der Waals surface area contributed by atoms with Gasteiger partial charge in [-0.15, -0.1) is 0 Å². The fourth-order valence-electron chi connectivity index (χ4n) is 1.75. The van der Waals surface area contributed by atoms with E-state index in [0.29, 0.717) is 0 Å². The van der Waals surface area contributed by atoms with E-state index in [2.05, 4.69) is 4.98 Å². The molecule has 0 radical (unpaired) electrons. The molecular formula is C15H12F2N2O2. The van der Waals surface area contributed by atoms with Gasteiger partial charge in [-0.3, -0.25) is 0 Å². The van der Waals surface area contributed by atoms with Crippen molar-refractivity contribution in [3.8, 4) is 0 Å². The number of H-pyrrole nitrogens is 1. The van der Waals surface area contributed by atoms with Crippen molar-refractivity contribution in [2.24, 2.45) is 0 Å². The molecule has 0 bridgehead atoms.